The fraction of sp³-hybridized carbons (Fsp3) is 0.645. The van der Waals surface area contributed by atoms with Crippen LogP contribution in [0.3, 0.4) is 0 Å². The second kappa shape index (κ2) is 15.6. The normalized spacial score (nSPS) is 14.0. The number of aryl methyl sites for hydroxylation is 3. The van der Waals surface area contributed by atoms with Gasteiger partial charge in [0.2, 0.25) is 0 Å². The van der Waals surface area contributed by atoms with Gasteiger partial charge >= 0.3 is 12.1 Å². The third kappa shape index (κ3) is 10.2. The number of unbranched alkanes of at least 4 members (excludes halogenated alkanes) is 3. The molecule has 0 fully saturated rings. The van der Waals surface area contributed by atoms with Crippen LogP contribution in [0.2, 0.25) is 0 Å². The summed E-state index contributed by atoms with van der Waals surface area (Å²) in [6.07, 6.45) is 12.5. The standard InChI is InChI=1S/C31H46N4O5/c1-5-39-28(37)20-24(25-21-32-27(33-22-25)15-11-19-36)12-8-6-7-9-14-26-17-16-23-13-10-18-35(29(23)34-26)30(38)40-31(2,3)4/h16-17,21-22,24,36H,5-15,18-20H2,1-4H3/t24-/m0/s1. The van der Waals surface area contributed by atoms with Crippen LogP contribution in [0.25, 0.3) is 0 Å². The van der Waals surface area contributed by atoms with Crippen LogP contribution in [0.5, 0.6) is 0 Å². The average molecular weight is 555 g/mol. The summed E-state index contributed by atoms with van der Waals surface area (Å²) in [6, 6.07) is 4.18. The smallest absolute Gasteiger partial charge is 0.416 e. The van der Waals surface area contributed by atoms with E-state index in [1.54, 1.807) is 4.90 Å². The molecule has 0 saturated heterocycles. The molecular weight excluding hydrogens is 508 g/mol. The van der Waals surface area contributed by atoms with Gasteiger partial charge in [0.1, 0.15) is 17.2 Å². The predicted octanol–water partition coefficient (Wildman–Crippen LogP) is 5.71. The molecule has 3 rings (SSSR count). The summed E-state index contributed by atoms with van der Waals surface area (Å²) in [5.74, 6) is 1.27. The lowest BCUT2D eigenvalue weighted by Crippen LogP contribution is -2.40. The minimum atomic E-state index is -0.543. The molecule has 1 aliphatic heterocycles. The number of aliphatic hydroxyl groups is 1. The Balaban J connectivity index is 1.50. The molecule has 40 heavy (non-hydrogen) atoms. The topological polar surface area (TPSA) is 115 Å². The molecule has 0 aliphatic carbocycles. The number of esters is 1. The Morgan fingerprint density at radius 3 is 2.50 bits per heavy atom. The van der Waals surface area contributed by atoms with E-state index in [9.17, 15) is 9.59 Å². The van der Waals surface area contributed by atoms with Crippen molar-refractivity contribution in [3.8, 4) is 0 Å². The van der Waals surface area contributed by atoms with Gasteiger partial charge in [-0.15, -0.1) is 0 Å². The molecule has 1 N–H and O–H groups in total. The minimum Gasteiger partial charge on any atom is -0.466 e. The quantitative estimate of drug-likeness (QED) is 0.233. The number of fused-ring (bicyclic) bond motifs is 1. The van der Waals surface area contributed by atoms with Gasteiger partial charge in [-0.1, -0.05) is 25.3 Å². The summed E-state index contributed by atoms with van der Waals surface area (Å²) in [5.41, 5.74) is 2.50. The van der Waals surface area contributed by atoms with E-state index >= 15 is 0 Å². The van der Waals surface area contributed by atoms with Crippen LogP contribution >= 0.6 is 0 Å². The number of amides is 1. The van der Waals surface area contributed by atoms with Crippen LogP contribution in [0.4, 0.5) is 10.6 Å². The summed E-state index contributed by atoms with van der Waals surface area (Å²) < 4.78 is 10.8. The highest BCUT2D eigenvalue weighted by Gasteiger charge is 2.28. The first-order chi connectivity index (χ1) is 19.2. The highest BCUT2D eigenvalue weighted by Crippen LogP contribution is 2.28. The second-order valence-electron chi connectivity index (χ2n) is 11.4. The van der Waals surface area contributed by atoms with Crippen molar-refractivity contribution in [2.75, 3.05) is 24.7 Å². The van der Waals surface area contributed by atoms with Crippen molar-refractivity contribution >= 4 is 17.9 Å². The van der Waals surface area contributed by atoms with E-state index in [2.05, 4.69) is 22.1 Å². The summed E-state index contributed by atoms with van der Waals surface area (Å²) in [4.78, 5) is 40.4. The largest absolute Gasteiger partial charge is 0.466 e. The molecule has 9 heteroatoms. The molecule has 1 atom stereocenters. The van der Waals surface area contributed by atoms with Gasteiger partial charge in [0.25, 0.3) is 0 Å². The molecule has 2 aromatic heterocycles. The minimum absolute atomic E-state index is 0.0205. The number of rotatable bonds is 14. The predicted molar refractivity (Wildman–Crippen MR) is 154 cm³/mol. The molecule has 0 unspecified atom stereocenters. The highest BCUT2D eigenvalue weighted by molar-refractivity contribution is 5.88. The number of hydrogen-bond acceptors (Lipinski definition) is 8. The molecule has 3 heterocycles. The Bertz CT molecular complexity index is 1080. The van der Waals surface area contributed by atoms with Crippen molar-refractivity contribution < 1.29 is 24.2 Å². The molecule has 220 valence electrons. The van der Waals surface area contributed by atoms with Gasteiger partial charge in [0.15, 0.2) is 0 Å². The van der Waals surface area contributed by atoms with Gasteiger partial charge in [-0.05, 0) is 89.3 Å². The Kier molecular flexibility index (Phi) is 12.3. The number of hydrogen-bond donors (Lipinski definition) is 1. The van der Waals surface area contributed by atoms with Crippen LogP contribution in [-0.4, -0.2) is 57.5 Å². The van der Waals surface area contributed by atoms with E-state index in [1.807, 2.05) is 40.1 Å². The first kappa shape index (κ1) is 31.5. The maximum atomic E-state index is 12.8. The van der Waals surface area contributed by atoms with Crippen molar-refractivity contribution in [2.45, 2.75) is 110 Å². The lowest BCUT2D eigenvalue weighted by Gasteiger charge is -2.31. The number of anilines is 1. The number of ether oxygens (including phenoxy) is 2. The molecule has 1 amide bonds. The van der Waals surface area contributed by atoms with Crippen molar-refractivity contribution in [1.29, 1.82) is 0 Å². The van der Waals surface area contributed by atoms with E-state index < -0.39 is 5.60 Å². The number of pyridine rings is 1. The highest BCUT2D eigenvalue weighted by atomic mass is 16.6. The third-order valence-electron chi connectivity index (χ3n) is 6.92. The van der Waals surface area contributed by atoms with E-state index in [0.29, 0.717) is 38.2 Å². The zero-order chi connectivity index (χ0) is 29.0. The zero-order valence-electron chi connectivity index (χ0n) is 24.7. The molecule has 0 saturated carbocycles. The summed E-state index contributed by atoms with van der Waals surface area (Å²) in [7, 11) is 0. The van der Waals surface area contributed by atoms with Crippen molar-refractivity contribution in [3.63, 3.8) is 0 Å². The molecule has 0 bridgehead atoms. The molecule has 9 nitrogen and oxygen atoms in total. The fourth-order valence-electron chi connectivity index (χ4n) is 4.91. The van der Waals surface area contributed by atoms with Crippen molar-refractivity contribution in [2.24, 2.45) is 0 Å². The molecule has 1 aliphatic rings. The van der Waals surface area contributed by atoms with Crippen LogP contribution in [0.15, 0.2) is 24.5 Å². The van der Waals surface area contributed by atoms with E-state index in [-0.39, 0.29) is 24.6 Å². The van der Waals surface area contributed by atoms with Crippen LogP contribution in [0.1, 0.15) is 108 Å². The number of carbonyl (C=O) groups is 2. The second-order valence-corrected chi connectivity index (χ2v) is 11.4. The lowest BCUT2D eigenvalue weighted by molar-refractivity contribution is -0.143. The van der Waals surface area contributed by atoms with Gasteiger partial charge in [-0.3, -0.25) is 9.69 Å². The number of aliphatic hydroxyl groups excluding tert-OH is 1. The van der Waals surface area contributed by atoms with E-state index in [4.69, 9.17) is 19.6 Å². The summed E-state index contributed by atoms with van der Waals surface area (Å²) in [5, 5.41) is 9.03. The van der Waals surface area contributed by atoms with Gasteiger partial charge in [0, 0.05) is 37.7 Å². The Labute approximate surface area is 238 Å². The Morgan fingerprint density at radius 1 is 1.05 bits per heavy atom. The molecule has 0 spiro atoms. The van der Waals surface area contributed by atoms with Gasteiger partial charge in [-0.2, -0.15) is 0 Å². The van der Waals surface area contributed by atoms with Crippen molar-refractivity contribution in [3.05, 3.63) is 47.2 Å². The monoisotopic (exact) mass is 554 g/mol. The summed E-state index contributed by atoms with van der Waals surface area (Å²) in [6.45, 7) is 8.56. The van der Waals surface area contributed by atoms with Crippen LogP contribution < -0.4 is 4.90 Å². The van der Waals surface area contributed by atoms with Gasteiger partial charge in [-0.25, -0.2) is 19.7 Å². The number of nitrogens with zero attached hydrogens (tertiary/aromatic N) is 4. The first-order valence-electron chi connectivity index (χ1n) is 14.8. The maximum Gasteiger partial charge on any atom is 0.416 e. The molecule has 0 radical (unpaired) electrons. The third-order valence-corrected chi connectivity index (χ3v) is 6.92. The van der Waals surface area contributed by atoms with E-state index in [0.717, 1.165) is 74.0 Å². The Morgan fingerprint density at radius 2 is 1.80 bits per heavy atom. The molecule has 0 aromatic carbocycles. The molecular formula is C31H46N4O5. The molecule has 2 aromatic rings. The average Bonchev–Trinajstić information content (AvgIpc) is 2.92. The Hall–Kier alpha value is -3.07. The fourth-order valence-corrected chi connectivity index (χ4v) is 4.91. The van der Waals surface area contributed by atoms with Gasteiger partial charge < -0.3 is 14.6 Å². The number of aromatic nitrogens is 3. The van der Waals surface area contributed by atoms with Gasteiger partial charge in [0.05, 0.1) is 13.0 Å². The lowest BCUT2D eigenvalue weighted by atomic mass is 9.92. The first-order valence-corrected chi connectivity index (χ1v) is 14.8. The number of carbonyl (C=O) groups excluding carboxylic acids is 2. The summed E-state index contributed by atoms with van der Waals surface area (Å²) >= 11 is 0. The SMILES string of the molecule is CCOC(=O)C[C@H](CCCCCCc1ccc2c(n1)N(C(=O)OC(C)(C)C)CCC2)c1cnc(CCCO)nc1. The van der Waals surface area contributed by atoms with Crippen LogP contribution in [0, 0.1) is 0 Å². The van der Waals surface area contributed by atoms with Crippen LogP contribution in [-0.2, 0) is 33.5 Å². The van der Waals surface area contributed by atoms with Crippen molar-refractivity contribution in [1.82, 2.24) is 15.0 Å². The zero-order valence-corrected chi connectivity index (χ0v) is 24.7. The van der Waals surface area contributed by atoms with E-state index in [1.165, 1.54) is 0 Å². The maximum absolute atomic E-state index is 12.8.